The molecule has 0 aliphatic heterocycles. The Morgan fingerprint density at radius 1 is 1.61 bits per heavy atom. The topological polar surface area (TPSA) is 58.6 Å². The van der Waals surface area contributed by atoms with Gasteiger partial charge in [0.05, 0.1) is 12.7 Å². The van der Waals surface area contributed by atoms with Gasteiger partial charge in [-0.25, -0.2) is 0 Å². The van der Waals surface area contributed by atoms with Crippen molar-refractivity contribution in [3.05, 3.63) is 36.4 Å². The summed E-state index contributed by atoms with van der Waals surface area (Å²) in [5.74, 6) is 1.54. The first-order valence-electron chi connectivity index (χ1n) is 5.53. The van der Waals surface area contributed by atoms with E-state index in [9.17, 15) is 9.90 Å². The van der Waals surface area contributed by atoms with Gasteiger partial charge in [-0.3, -0.25) is 4.79 Å². The molecule has 0 saturated heterocycles. The summed E-state index contributed by atoms with van der Waals surface area (Å²) in [5.41, 5.74) is 0.225. The number of benzene rings is 1. The Morgan fingerprint density at radius 3 is 3.06 bits per heavy atom. The van der Waals surface area contributed by atoms with E-state index in [2.05, 4.69) is 11.9 Å². The van der Waals surface area contributed by atoms with Crippen LogP contribution in [0.1, 0.15) is 10.4 Å². The Bertz CT molecular complexity index is 421. The van der Waals surface area contributed by atoms with Gasteiger partial charge in [0.15, 0.2) is 11.5 Å². The van der Waals surface area contributed by atoms with E-state index in [4.69, 9.17) is 4.74 Å². The number of aromatic hydroxyl groups is 1. The zero-order chi connectivity index (χ0) is 13.4. The summed E-state index contributed by atoms with van der Waals surface area (Å²) in [7, 11) is 1.45. The number of methoxy groups -OCH3 is 1. The number of carbonyl (C=O) groups excluding carboxylic acids is 1. The van der Waals surface area contributed by atoms with E-state index in [1.165, 1.54) is 7.11 Å². The lowest BCUT2D eigenvalue weighted by atomic mass is 10.1. The van der Waals surface area contributed by atoms with E-state index in [1.807, 2.05) is 6.08 Å². The van der Waals surface area contributed by atoms with Crippen LogP contribution in [0.4, 0.5) is 0 Å². The summed E-state index contributed by atoms with van der Waals surface area (Å²) in [5, 5.41) is 12.5. The quantitative estimate of drug-likeness (QED) is 0.586. The Morgan fingerprint density at radius 2 is 2.39 bits per heavy atom. The second-order valence-electron chi connectivity index (χ2n) is 3.48. The number of ether oxygens (including phenoxy) is 1. The molecule has 0 bridgehead atoms. The van der Waals surface area contributed by atoms with Gasteiger partial charge in [0.1, 0.15) is 0 Å². The average Bonchev–Trinajstić information content (AvgIpc) is 2.38. The molecule has 1 rings (SSSR count). The first-order chi connectivity index (χ1) is 8.70. The summed E-state index contributed by atoms with van der Waals surface area (Å²) in [6.07, 6.45) is 1.82. The van der Waals surface area contributed by atoms with E-state index in [0.717, 1.165) is 11.5 Å². The van der Waals surface area contributed by atoms with Crippen LogP contribution in [0.3, 0.4) is 0 Å². The minimum Gasteiger partial charge on any atom is -0.504 e. The Hall–Kier alpha value is -1.62. The largest absolute Gasteiger partial charge is 0.504 e. The van der Waals surface area contributed by atoms with Crippen molar-refractivity contribution in [2.75, 3.05) is 25.2 Å². The Balaban J connectivity index is 2.53. The summed E-state index contributed by atoms with van der Waals surface area (Å²) in [6, 6.07) is 4.83. The first kappa shape index (κ1) is 14.4. The van der Waals surface area contributed by atoms with Crippen LogP contribution < -0.4 is 10.1 Å². The number of rotatable bonds is 7. The van der Waals surface area contributed by atoms with Crippen molar-refractivity contribution in [1.29, 1.82) is 0 Å². The number of phenols is 1. The predicted molar refractivity (Wildman–Crippen MR) is 74.5 cm³/mol. The van der Waals surface area contributed by atoms with Crippen LogP contribution in [0.2, 0.25) is 0 Å². The lowest BCUT2D eigenvalue weighted by molar-refractivity contribution is 0.0953. The molecule has 0 unspecified atom stereocenters. The molecule has 2 N–H and O–H groups in total. The smallest absolute Gasteiger partial charge is 0.255 e. The molecular weight excluding hydrogens is 250 g/mol. The number of nitrogens with one attached hydrogen (secondary N) is 1. The Labute approximate surface area is 111 Å². The molecule has 18 heavy (non-hydrogen) atoms. The average molecular weight is 267 g/mol. The normalized spacial score (nSPS) is 9.83. The van der Waals surface area contributed by atoms with Crippen molar-refractivity contribution in [2.45, 2.75) is 0 Å². The molecule has 0 spiro atoms. The number of hydrogen-bond donors (Lipinski definition) is 2. The van der Waals surface area contributed by atoms with Gasteiger partial charge in [-0.2, -0.15) is 11.8 Å². The van der Waals surface area contributed by atoms with Crippen LogP contribution in [0.15, 0.2) is 30.9 Å². The molecule has 98 valence electrons. The molecule has 4 nitrogen and oxygen atoms in total. The van der Waals surface area contributed by atoms with Gasteiger partial charge in [-0.05, 0) is 12.1 Å². The number of hydrogen-bond acceptors (Lipinski definition) is 4. The zero-order valence-electron chi connectivity index (χ0n) is 10.3. The second-order valence-corrected chi connectivity index (χ2v) is 4.63. The number of para-hydroxylation sites is 1. The SMILES string of the molecule is C=CCSCCNC(=O)c1cccc(OC)c1O. The van der Waals surface area contributed by atoms with Crippen molar-refractivity contribution in [1.82, 2.24) is 5.32 Å². The fourth-order valence-electron chi connectivity index (χ4n) is 1.37. The summed E-state index contributed by atoms with van der Waals surface area (Å²) in [6.45, 7) is 4.17. The molecule has 1 aromatic carbocycles. The molecule has 0 heterocycles. The van der Waals surface area contributed by atoms with E-state index in [0.29, 0.717) is 12.3 Å². The van der Waals surface area contributed by atoms with Crippen LogP contribution in [0, 0.1) is 0 Å². The molecule has 0 saturated carbocycles. The zero-order valence-corrected chi connectivity index (χ0v) is 11.1. The van der Waals surface area contributed by atoms with Gasteiger partial charge in [-0.1, -0.05) is 12.1 Å². The van der Waals surface area contributed by atoms with Gasteiger partial charge < -0.3 is 15.2 Å². The van der Waals surface area contributed by atoms with Gasteiger partial charge in [-0.15, -0.1) is 6.58 Å². The molecule has 0 aliphatic rings. The monoisotopic (exact) mass is 267 g/mol. The van der Waals surface area contributed by atoms with Crippen molar-refractivity contribution >= 4 is 17.7 Å². The highest BCUT2D eigenvalue weighted by molar-refractivity contribution is 7.99. The molecule has 0 aromatic heterocycles. The van der Waals surface area contributed by atoms with E-state index in [-0.39, 0.29) is 17.2 Å². The summed E-state index contributed by atoms with van der Waals surface area (Å²) < 4.78 is 4.95. The van der Waals surface area contributed by atoms with Gasteiger partial charge in [0, 0.05) is 18.1 Å². The molecule has 1 aromatic rings. The number of carbonyl (C=O) groups is 1. The van der Waals surface area contributed by atoms with Crippen LogP contribution in [-0.4, -0.2) is 36.2 Å². The van der Waals surface area contributed by atoms with Crippen LogP contribution in [0.5, 0.6) is 11.5 Å². The molecule has 0 aliphatic carbocycles. The van der Waals surface area contributed by atoms with Crippen molar-refractivity contribution in [3.63, 3.8) is 0 Å². The minimum atomic E-state index is -0.300. The lowest BCUT2D eigenvalue weighted by Crippen LogP contribution is -2.25. The van der Waals surface area contributed by atoms with Gasteiger partial charge in [0.25, 0.3) is 5.91 Å². The predicted octanol–water partition coefficient (Wildman–Crippen LogP) is 2.05. The van der Waals surface area contributed by atoms with Crippen molar-refractivity contribution in [3.8, 4) is 11.5 Å². The molecular formula is C13H17NO3S. The van der Waals surface area contributed by atoms with Crippen LogP contribution in [-0.2, 0) is 0 Å². The van der Waals surface area contributed by atoms with E-state index >= 15 is 0 Å². The fraction of sp³-hybridized carbons (Fsp3) is 0.308. The third-order valence-corrected chi connectivity index (χ3v) is 3.20. The first-order valence-corrected chi connectivity index (χ1v) is 6.69. The molecule has 5 heteroatoms. The van der Waals surface area contributed by atoms with E-state index in [1.54, 1.807) is 30.0 Å². The standard InChI is InChI=1S/C13H17NO3S/c1-3-8-18-9-7-14-13(16)10-5-4-6-11(17-2)12(10)15/h3-6,15H,1,7-9H2,2H3,(H,14,16). The lowest BCUT2D eigenvalue weighted by Gasteiger charge is -2.09. The summed E-state index contributed by atoms with van der Waals surface area (Å²) >= 11 is 1.68. The number of thioether (sulfide) groups is 1. The maximum absolute atomic E-state index is 11.8. The highest BCUT2D eigenvalue weighted by Crippen LogP contribution is 2.29. The molecule has 0 fully saturated rings. The second kappa shape index (κ2) is 7.66. The maximum atomic E-state index is 11.8. The fourth-order valence-corrected chi connectivity index (χ4v) is 1.95. The van der Waals surface area contributed by atoms with Crippen LogP contribution >= 0.6 is 11.8 Å². The molecule has 1 amide bonds. The highest BCUT2D eigenvalue weighted by Gasteiger charge is 2.13. The molecule has 0 radical (unpaired) electrons. The molecule has 0 atom stereocenters. The van der Waals surface area contributed by atoms with Crippen molar-refractivity contribution in [2.24, 2.45) is 0 Å². The third kappa shape index (κ3) is 4.00. The maximum Gasteiger partial charge on any atom is 0.255 e. The third-order valence-electron chi connectivity index (χ3n) is 2.23. The van der Waals surface area contributed by atoms with Gasteiger partial charge in [0.2, 0.25) is 0 Å². The Kier molecular flexibility index (Phi) is 6.14. The number of amides is 1. The highest BCUT2D eigenvalue weighted by atomic mass is 32.2. The number of phenolic OH excluding ortho intramolecular Hbond substituents is 1. The minimum absolute atomic E-state index is 0.128. The van der Waals surface area contributed by atoms with E-state index < -0.39 is 0 Å². The van der Waals surface area contributed by atoms with Crippen LogP contribution in [0.25, 0.3) is 0 Å². The van der Waals surface area contributed by atoms with Crippen molar-refractivity contribution < 1.29 is 14.6 Å². The van der Waals surface area contributed by atoms with Gasteiger partial charge >= 0.3 is 0 Å². The summed E-state index contributed by atoms with van der Waals surface area (Å²) in [4.78, 5) is 11.8.